The van der Waals surface area contributed by atoms with Gasteiger partial charge in [0.15, 0.2) is 0 Å². The van der Waals surface area contributed by atoms with E-state index < -0.39 is 0 Å². The smallest absolute Gasteiger partial charge is 0.230 e. The van der Waals surface area contributed by atoms with Crippen LogP contribution in [0.4, 0.5) is 5.69 Å². The summed E-state index contributed by atoms with van der Waals surface area (Å²) in [5.74, 6) is -0.0546. The minimum absolute atomic E-state index is 0.0673. The van der Waals surface area contributed by atoms with Crippen LogP contribution in [0.5, 0.6) is 0 Å². The van der Waals surface area contributed by atoms with Crippen LogP contribution in [0.1, 0.15) is 59.2 Å². The number of aromatic nitrogens is 1. The molecule has 33 heavy (non-hydrogen) atoms. The Kier molecular flexibility index (Phi) is 5.95. The fourth-order valence-electron chi connectivity index (χ4n) is 5.16. The molecule has 1 aromatic heterocycles. The highest BCUT2D eigenvalue weighted by Gasteiger charge is 2.35. The molecule has 2 aliphatic rings. The SMILES string of the molecule is Cc1cc(Cc2ccccc2)cc(C2CCN(C(=O)[C@H]3CC(=O)Nc4ccccc43)CC2)n1. The number of piperidine rings is 1. The van der Waals surface area contributed by atoms with E-state index in [1.807, 2.05) is 35.2 Å². The van der Waals surface area contributed by atoms with Crippen LogP contribution >= 0.6 is 0 Å². The fraction of sp³-hybridized carbons (Fsp3) is 0.321. The van der Waals surface area contributed by atoms with Crippen LogP contribution in [0, 0.1) is 6.92 Å². The molecule has 168 valence electrons. The Morgan fingerprint density at radius 1 is 1.00 bits per heavy atom. The molecule has 2 amide bonds. The van der Waals surface area contributed by atoms with E-state index in [0.29, 0.717) is 19.0 Å². The summed E-state index contributed by atoms with van der Waals surface area (Å²) in [5, 5.41) is 2.89. The van der Waals surface area contributed by atoms with E-state index in [-0.39, 0.29) is 24.2 Å². The summed E-state index contributed by atoms with van der Waals surface area (Å²) in [4.78, 5) is 32.3. The third-order valence-corrected chi connectivity index (χ3v) is 6.81. The summed E-state index contributed by atoms with van der Waals surface area (Å²) >= 11 is 0. The van der Waals surface area contributed by atoms with Gasteiger partial charge in [-0.15, -0.1) is 0 Å². The fourth-order valence-corrected chi connectivity index (χ4v) is 5.16. The number of likely N-dealkylation sites (tertiary alicyclic amines) is 1. The number of benzene rings is 2. The van der Waals surface area contributed by atoms with Crippen LogP contribution in [-0.4, -0.2) is 34.8 Å². The Bertz CT molecular complexity index is 1170. The molecule has 1 N–H and O–H groups in total. The van der Waals surface area contributed by atoms with Crippen molar-refractivity contribution in [3.8, 4) is 0 Å². The lowest BCUT2D eigenvalue weighted by Crippen LogP contribution is -2.42. The van der Waals surface area contributed by atoms with Gasteiger partial charge in [-0.25, -0.2) is 0 Å². The molecular weight excluding hydrogens is 410 g/mol. The Hall–Kier alpha value is -3.47. The summed E-state index contributed by atoms with van der Waals surface area (Å²) in [6.07, 6.45) is 2.91. The highest BCUT2D eigenvalue weighted by atomic mass is 16.2. The van der Waals surface area contributed by atoms with Crippen molar-refractivity contribution in [2.45, 2.75) is 44.4 Å². The van der Waals surface area contributed by atoms with Crippen molar-refractivity contribution in [2.75, 3.05) is 18.4 Å². The van der Waals surface area contributed by atoms with Gasteiger partial charge in [0.2, 0.25) is 11.8 Å². The molecular formula is C28H29N3O2. The van der Waals surface area contributed by atoms with Gasteiger partial charge in [0.25, 0.3) is 0 Å². The zero-order valence-electron chi connectivity index (χ0n) is 19.0. The van der Waals surface area contributed by atoms with Crippen molar-refractivity contribution in [1.82, 2.24) is 9.88 Å². The molecule has 2 aromatic carbocycles. The number of hydrogen-bond acceptors (Lipinski definition) is 3. The van der Waals surface area contributed by atoms with E-state index in [1.165, 1.54) is 11.1 Å². The molecule has 3 aromatic rings. The van der Waals surface area contributed by atoms with Gasteiger partial charge in [-0.3, -0.25) is 14.6 Å². The second-order valence-corrected chi connectivity index (χ2v) is 9.20. The molecule has 5 rings (SSSR count). The van der Waals surface area contributed by atoms with E-state index in [0.717, 1.165) is 41.9 Å². The lowest BCUT2D eigenvalue weighted by Gasteiger charge is -2.35. The van der Waals surface area contributed by atoms with Crippen molar-refractivity contribution >= 4 is 17.5 Å². The third-order valence-electron chi connectivity index (χ3n) is 6.81. The van der Waals surface area contributed by atoms with Crippen LogP contribution in [0.3, 0.4) is 0 Å². The highest BCUT2D eigenvalue weighted by Crippen LogP contribution is 2.35. The molecule has 0 bridgehead atoms. The second-order valence-electron chi connectivity index (χ2n) is 9.20. The number of hydrogen-bond donors (Lipinski definition) is 1. The number of aryl methyl sites for hydroxylation is 1. The third kappa shape index (κ3) is 4.68. The van der Waals surface area contributed by atoms with Gasteiger partial charge in [0.05, 0.1) is 5.92 Å². The first-order valence-corrected chi connectivity index (χ1v) is 11.8. The maximum Gasteiger partial charge on any atom is 0.230 e. The van der Waals surface area contributed by atoms with Gasteiger partial charge in [-0.2, -0.15) is 0 Å². The van der Waals surface area contributed by atoms with E-state index in [2.05, 4.69) is 48.6 Å². The minimum Gasteiger partial charge on any atom is -0.342 e. The quantitative estimate of drug-likeness (QED) is 0.634. The normalized spacial score (nSPS) is 18.5. The van der Waals surface area contributed by atoms with Crippen LogP contribution < -0.4 is 5.32 Å². The summed E-state index contributed by atoms with van der Waals surface area (Å²) in [6.45, 7) is 3.46. The molecule has 0 unspecified atom stereocenters. The molecule has 1 saturated heterocycles. The molecule has 5 heteroatoms. The van der Waals surface area contributed by atoms with Crippen molar-refractivity contribution in [3.63, 3.8) is 0 Å². The average molecular weight is 440 g/mol. The number of para-hydroxylation sites is 1. The monoisotopic (exact) mass is 439 g/mol. The van der Waals surface area contributed by atoms with Crippen molar-refractivity contribution in [2.24, 2.45) is 0 Å². The number of fused-ring (bicyclic) bond motifs is 1. The van der Waals surface area contributed by atoms with E-state index in [4.69, 9.17) is 4.98 Å². The summed E-state index contributed by atoms with van der Waals surface area (Å²) < 4.78 is 0. The van der Waals surface area contributed by atoms with Gasteiger partial charge in [-0.1, -0.05) is 48.5 Å². The maximum absolute atomic E-state index is 13.3. The van der Waals surface area contributed by atoms with Gasteiger partial charge in [0, 0.05) is 42.5 Å². The topological polar surface area (TPSA) is 62.3 Å². The first-order valence-electron chi connectivity index (χ1n) is 11.8. The Morgan fingerprint density at radius 3 is 2.52 bits per heavy atom. The molecule has 3 heterocycles. The molecule has 5 nitrogen and oxygen atoms in total. The van der Waals surface area contributed by atoms with E-state index in [1.54, 1.807) is 0 Å². The molecule has 1 fully saturated rings. The Balaban J connectivity index is 1.27. The van der Waals surface area contributed by atoms with Crippen molar-refractivity contribution in [3.05, 3.63) is 94.8 Å². The van der Waals surface area contributed by atoms with E-state index >= 15 is 0 Å². The van der Waals surface area contributed by atoms with Crippen LogP contribution in [0.2, 0.25) is 0 Å². The molecule has 0 aliphatic carbocycles. The van der Waals surface area contributed by atoms with Crippen LogP contribution in [0.15, 0.2) is 66.7 Å². The largest absolute Gasteiger partial charge is 0.342 e. The molecule has 0 saturated carbocycles. The minimum atomic E-state index is -0.388. The first kappa shape index (κ1) is 21.4. The predicted octanol–water partition coefficient (Wildman–Crippen LogP) is 4.81. The lowest BCUT2D eigenvalue weighted by atomic mass is 9.87. The van der Waals surface area contributed by atoms with Gasteiger partial charge < -0.3 is 10.2 Å². The molecule has 0 spiro atoms. The number of anilines is 1. The van der Waals surface area contributed by atoms with Crippen molar-refractivity contribution < 1.29 is 9.59 Å². The van der Waals surface area contributed by atoms with Crippen LogP contribution in [-0.2, 0) is 16.0 Å². The maximum atomic E-state index is 13.3. The van der Waals surface area contributed by atoms with Gasteiger partial charge >= 0.3 is 0 Å². The van der Waals surface area contributed by atoms with Crippen molar-refractivity contribution in [1.29, 1.82) is 0 Å². The average Bonchev–Trinajstić information content (AvgIpc) is 2.83. The van der Waals surface area contributed by atoms with Gasteiger partial charge in [-0.05, 0) is 61.1 Å². The highest BCUT2D eigenvalue weighted by molar-refractivity contribution is 6.01. The Morgan fingerprint density at radius 2 is 1.73 bits per heavy atom. The standard InChI is InChI=1S/C28H29N3O2/c1-19-15-21(16-20-7-3-2-4-8-20)17-26(29-19)22-11-13-31(14-12-22)28(33)24-18-27(32)30-25-10-6-5-9-23(24)25/h2-10,15,17,22,24H,11-14,16,18H2,1H3,(H,30,32)/t24-/m0/s1. The summed E-state index contributed by atoms with van der Waals surface area (Å²) in [5.41, 5.74) is 6.45. The first-order chi connectivity index (χ1) is 16.1. The number of carbonyl (C=O) groups is 2. The zero-order chi connectivity index (χ0) is 22.8. The van der Waals surface area contributed by atoms with Gasteiger partial charge in [0.1, 0.15) is 0 Å². The number of pyridine rings is 1. The lowest BCUT2D eigenvalue weighted by molar-refractivity contribution is -0.135. The van der Waals surface area contributed by atoms with E-state index in [9.17, 15) is 9.59 Å². The van der Waals surface area contributed by atoms with Crippen LogP contribution in [0.25, 0.3) is 0 Å². The number of rotatable bonds is 4. The summed E-state index contributed by atoms with van der Waals surface area (Å²) in [6, 6.07) is 22.6. The number of nitrogens with one attached hydrogen (secondary N) is 1. The molecule has 0 radical (unpaired) electrons. The number of carbonyl (C=O) groups excluding carboxylic acids is 2. The predicted molar refractivity (Wildman–Crippen MR) is 129 cm³/mol. The zero-order valence-corrected chi connectivity index (χ0v) is 19.0. The summed E-state index contributed by atoms with van der Waals surface area (Å²) in [7, 11) is 0. The molecule has 1 atom stereocenters. The number of nitrogens with zero attached hydrogens (tertiary/aromatic N) is 2. The Labute approximate surface area is 194 Å². The number of amides is 2. The second kappa shape index (κ2) is 9.18. The molecule has 2 aliphatic heterocycles.